The molecule has 0 radical (unpaired) electrons. The van der Waals surface area contributed by atoms with E-state index in [2.05, 4.69) is 79.3 Å². The van der Waals surface area contributed by atoms with Gasteiger partial charge in [0.25, 0.3) is 8.32 Å². The van der Waals surface area contributed by atoms with Gasteiger partial charge in [-0.1, -0.05) is 100 Å². The van der Waals surface area contributed by atoms with Crippen LogP contribution in [0.1, 0.15) is 39.3 Å². The first-order valence-corrected chi connectivity index (χ1v) is 14.6. The molecule has 176 valence electrons. The van der Waals surface area contributed by atoms with Crippen LogP contribution in [0.3, 0.4) is 0 Å². The number of pyridine rings is 1. The molecular weight excluding hydrogens is 458 g/mol. The maximum Gasteiger partial charge on any atom is 0.261 e. The highest BCUT2D eigenvalue weighted by atomic mass is 32.2. The van der Waals surface area contributed by atoms with Crippen LogP contribution in [-0.2, 0) is 4.43 Å². The molecule has 2 heterocycles. The summed E-state index contributed by atoms with van der Waals surface area (Å²) in [6.45, 7) is 9.26. The average Bonchev–Trinajstić information content (AvgIpc) is 2.84. The molecule has 0 saturated carbocycles. The Morgan fingerprint density at radius 2 is 1.62 bits per heavy atom. The van der Waals surface area contributed by atoms with Crippen LogP contribution in [0.15, 0.2) is 84.3 Å². The lowest BCUT2D eigenvalue weighted by atomic mass is 10.1. The van der Waals surface area contributed by atoms with Crippen molar-refractivity contribution in [1.82, 2.24) is 9.97 Å². The number of nitrogens with zero attached hydrogens (tertiary/aromatic N) is 3. The summed E-state index contributed by atoms with van der Waals surface area (Å²) < 4.78 is 7.97. The number of hydrogen-bond donors (Lipinski definition) is 0. The van der Waals surface area contributed by atoms with E-state index in [1.54, 1.807) is 12.4 Å². The second-order valence-corrected chi connectivity index (χ2v) is 14.7. The van der Waals surface area contributed by atoms with Crippen molar-refractivity contribution in [2.24, 2.45) is 0 Å². The summed E-state index contributed by atoms with van der Waals surface area (Å²) >= 11 is 1.46. The van der Waals surface area contributed by atoms with E-state index in [0.29, 0.717) is 23.0 Å². The summed E-state index contributed by atoms with van der Waals surface area (Å²) in [5.41, 5.74) is 1.31. The molecule has 2 aromatic carbocycles. The van der Waals surface area contributed by atoms with Gasteiger partial charge in [0.05, 0.1) is 5.92 Å². The predicted octanol–water partition coefficient (Wildman–Crippen LogP) is 4.67. The zero-order valence-corrected chi connectivity index (χ0v) is 22.2. The van der Waals surface area contributed by atoms with Crippen molar-refractivity contribution in [2.45, 2.75) is 43.8 Å². The number of benzene rings is 2. The number of rotatable bonds is 7. The van der Waals surface area contributed by atoms with Crippen LogP contribution in [0.25, 0.3) is 10.9 Å². The Kier molecular flexibility index (Phi) is 7.07. The molecule has 34 heavy (non-hydrogen) atoms. The standard InChI is InChI=1S/C27H31N3O2SSi/c1-20(25-16-21-17-28-26(33-5)29-24(21)18-30(25)31)19-32-34(27(2,3)4,22-12-8-6-9-13-22)23-14-10-7-11-15-23/h6-18,20H,19H2,1-5H3/t20-/m0/s1. The van der Waals surface area contributed by atoms with Gasteiger partial charge in [0.1, 0.15) is 5.52 Å². The molecule has 0 amide bonds. The third-order valence-corrected chi connectivity index (χ3v) is 11.8. The van der Waals surface area contributed by atoms with Crippen LogP contribution in [0.2, 0.25) is 5.04 Å². The van der Waals surface area contributed by atoms with Gasteiger partial charge in [-0.15, -0.1) is 0 Å². The summed E-state index contributed by atoms with van der Waals surface area (Å²) in [5, 5.41) is 16.8. The third kappa shape index (κ3) is 4.60. The van der Waals surface area contributed by atoms with Crippen molar-refractivity contribution in [3.63, 3.8) is 0 Å². The minimum Gasteiger partial charge on any atom is -0.618 e. The maximum atomic E-state index is 12.9. The first-order chi connectivity index (χ1) is 16.3. The molecule has 4 rings (SSSR count). The normalized spacial score (nSPS) is 13.2. The lowest BCUT2D eigenvalue weighted by Crippen LogP contribution is -2.66. The molecule has 7 heteroatoms. The molecule has 0 saturated heterocycles. The van der Waals surface area contributed by atoms with Crippen LogP contribution in [0.4, 0.5) is 0 Å². The molecule has 0 spiro atoms. The second kappa shape index (κ2) is 9.86. The van der Waals surface area contributed by atoms with Crippen molar-refractivity contribution in [3.05, 3.63) is 90.0 Å². The van der Waals surface area contributed by atoms with E-state index >= 15 is 0 Å². The van der Waals surface area contributed by atoms with Gasteiger partial charge in [0, 0.05) is 24.3 Å². The molecular formula is C27H31N3O2SSi. The average molecular weight is 490 g/mol. The van der Waals surface area contributed by atoms with Crippen LogP contribution in [-0.4, -0.2) is 31.1 Å². The van der Waals surface area contributed by atoms with Gasteiger partial charge < -0.3 is 9.63 Å². The topological polar surface area (TPSA) is 62.0 Å². The van der Waals surface area contributed by atoms with Crippen molar-refractivity contribution in [3.8, 4) is 0 Å². The van der Waals surface area contributed by atoms with Gasteiger partial charge in [-0.3, -0.25) is 0 Å². The zero-order valence-electron chi connectivity index (χ0n) is 20.4. The maximum absolute atomic E-state index is 12.9. The molecule has 5 nitrogen and oxygen atoms in total. The van der Waals surface area contributed by atoms with E-state index in [9.17, 15) is 5.21 Å². The molecule has 0 fully saturated rings. The van der Waals surface area contributed by atoms with E-state index in [1.807, 2.05) is 31.4 Å². The van der Waals surface area contributed by atoms with Crippen LogP contribution in [0, 0.1) is 5.21 Å². The van der Waals surface area contributed by atoms with Crippen molar-refractivity contribution >= 4 is 41.4 Å². The lowest BCUT2D eigenvalue weighted by molar-refractivity contribution is -0.614. The molecule has 1 atom stereocenters. The first-order valence-electron chi connectivity index (χ1n) is 11.4. The Morgan fingerprint density at radius 1 is 1.03 bits per heavy atom. The van der Waals surface area contributed by atoms with Crippen LogP contribution >= 0.6 is 11.8 Å². The van der Waals surface area contributed by atoms with Crippen LogP contribution in [0.5, 0.6) is 0 Å². The summed E-state index contributed by atoms with van der Waals surface area (Å²) in [4.78, 5) is 8.83. The van der Waals surface area contributed by atoms with Gasteiger partial charge in [0.15, 0.2) is 10.9 Å². The van der Waals surface area contributed by atoms with E-state index in [1.165, 1.54) is 22.1 Å². The van der Waals surface area contributed by atoms with E-state index in [0.717, 1.165) is 10.1 Å². The highest BCUT2D eigenvalue weighted by Gasteiger charge is 2.50. The Bertz CT molecular complexity index is 1220. The van der Waals surface area contributed by atoms with Crippen LogP contribution < -0.4 is 15.1 Å². The Labute approximate surface area is 207 Å². The summed E-state index contributed by atoms with van der Waals surface area (Å²) in [5.74, 6) is -0.108. The Morgan fingerprint density at radius 3 is 2.15 bits per heavy atom. The summed E-state index contributed by atoms with van der Waals surface area (Å²) in [7, 11) is -2.67. The molecule has 0 unspecified atom stereocenters. The minimum atomic E-state index is -2.67. The number of hydrogen-bond acceptors (Lipinski definition) is 5. The van der Waals surface area contributed by atoms with Crippen molar-refractivity contribution < 1.29 is 9.16 Å². The quantitative estimate of drug-likeness (QED) is 0.124. The largest absolute Gasteiger partial charge is 0.618 e. The molecule has 0 N–H and O–H groups in total. The SMILES string of the molecule is CSc1ncc2cc([C@@H](C)CO[Si](c3ccccc3)(c3ccccc3)C(C)(C)C)[n+]([O-])cc2n1. The highest BCUT2D eigenvalue weighted by Crippen LogP contribution is 2.37. The van der Waals surface area contributed by atoms with Gasteiger partial charge in [-0.05, 0) is 21.7 Å². The first kappa shape index (κ1) is 24.4. The molecule has 0 aliphatic rings. The van der Waals surface area contributed by atoms with Crippen molar-refractivity contribution in [2.75, 3.05) is 12.9 Å². The highest BCUT2D eigenvalue weighted by molar-refractivity contribution is 7.98. The second-order valence-electron chi connectivity index (χ2n) is 9.60. The summed E-state index contributed by atoms with van der Waals surface area (Å²) in [6.07, 6.45) is 5.25. The number of thioether (sulfide) groups is 1. The van der Waals surface area contributed by atoms with Gasteiger partial charge in [-0.2, -0.15) is 4.73 Å². The van der Waals surface area contributed by atoms with Gasteiger partial charge >= 0.3 is 0 Å². The Hall–Kier alpha value is -2.74. The molecule has 0 bridgehead atoms. The van der Waals surface area contributed by atoms with Gasteiger partial charge in [0.2, 0.25) is 6.20 Å². The number of fused-ring (bicyclic) bond motifs is 1. The zero-order chi connectivity index (χ0) is 24.3. The monoisotopic (exact) mass is 489 g/mol. The third-order valence-electron chi connectivity index (χ3n) is 6.28. The van der Waals surface area contributed by atoms with Gasteiger partial charge in [-0.25, -0.2) is 9.97 Å². The lowest BCUT2D eigenvalue weighted by Gasteiger charge is -2.43. The molecule has 4 aromatic rings. The fourth-order valence-electron chi connectivity index (χ4n) is 4.57. The fraction of sp³-hybridized carbons (Fsp3) is 0.296. The summed E-state index contributed by atoms with van der Waals surface area (Å²) in [6, 6.07) is 23.0. The molecule has 0 aliphatic carbocycles. The molecule has 2 aromatic heterocycles. The van der Waals surface area contributed by atoms with E-state index < -0.39 is 8.32 Å². The number of aromatic nitrogens is 3. The predicted molar refractivity (Wildman–Crippen MR) is 142 cm³/mol. The Balaban J connectivity index is 1.73. The van der Waals surface area contributed by atoms with E-state index in [4.69, 9.17) is 4.43 Å². The smallest absolute Gasteiger partial charge is 0.261 e. The fourth-order valence-corrected chi connectivity index (χ4v) is 9.57. The van der Waals surface area contributed by atoms with E-state index in [-0.39, 0.29) is 11.0 Å². The molecule has 0 aliphatic heterocycles. The minimum absolute atomic E-state index is 0.108. The van der Waals surface area contributed by atoms with Crippen molar-refractivity contribution in [1.29, 1.82) is 0 Å².